The molecule has 1 aromatic rings. The average Bonchev–Trinajstić information content (AvgIpc) is 2.31. The molecule has 1 heteroatoms. The van der Waals surface area contributed by atoms with Crippen LogP contribution in [0, 0.1) is 12.8 Å². The summed E-state index contributed by atoms with van der Waals surface area (Å²) in [5, 5.41) is 0. The lowest BCUT2D eigenvalue weighted by Gasteiger charge is -2.30. The molecule has 1 aliphatic rings. The summed E-state index contributed by atoms with van der Waals surface area (Å²) in [5.41, 5.74) is 8.79. The summed E-state index contributed by atoms with van der Waals surface area (Å²) in [7, 11) is 0. The van der Waals surface area contributed by atoms with Crippen LogP contribution in [0.5, 0.6) is 0 Å². The molecule has 0 bridgehead atoms. The Labute approximate surface area is 99.0 Å². The molecule has 1 saturated carbocycles. The first-order valence-corrected chi connectivity index (χ1v) is 6.58. The molecule has 1 aliphatic carbocycles. The second-order valence-corrected chi connectivity index (χ2v) is 5.15. The van der Waals surface area contributed by atoms with E-state index in [-0.39, 0.29) is 0 Å². The first-order chi connectivity index (χ1) is 7.81. The Morgan fingerprint density at radius 3 is 2.62 bits per heavy atom. The second-order valence-electron chi connectivity index (χ2n) is 5.15. The van der Waals surface area contributed by atoms with Gasteiger partial charge in [0.25, 0.3) is 0 Å². The molecule has 1 unspecified atom stereocenters. The van der Waals surface area contributed by atoms with Gasteiger partial charge >= 0.3 is 0 Å². The van der Waals surface area contributed by atoms with Gasteiger partial charge < -0.3 is 5.73 Å². The molecule has 1 fully saturated rings. The molecule has 16 heavy (non-hydrogen) atoms. The van der Waals surface area contributed by atoms with Crippen molar-refractivity contribution in [3.63, 3.8) is 0 Å². The molecular weight excluding hydrogens is 194 g/mol. The van der Waals surface area contributed by atoms with E-state index in [2.05, 4.69) is 31.2 Å². The first-order valence-electron chi connectivity index (χ1n) is 6.58. The molecule has 0 aromatic heterocycles. The van der Waals surface area contributed by atoms with Crippen LogP contribution in [0.3, 0.4) is 0 Å². The van der Waals surface area contributed by atoms with Crippen LogP contribution in [0.2, 0.25) is 0 Å². The van der Waals surface area contributed by atoms with Crippen molar-refractivity contribution in [2.24, 2.45) is 11.7 Å². The molecule has 1 nitrogen and oxygen atoms in total. The highest BCUT2D eigenvalue weighted by molar-refractivity contribution is 5.26. The standard InChI is InChI=1S/C15H23N/c1-12-6-5-9-14(10-12)15(11-16)13-7-3-2-4-8-13/h5-6,9-10,13,15H,2-4,7-8,11,16H2,1H3. The van der Waals surface area contributed by atoms with Gasteiger partial charge in [0.1, 0.15) is 0 Å². The van der Waals surface area contributed by atoms with Gasteiger partial charge in [-0.1, -0.05) is 49.1 Å². The summed E-state index contributed by atoms with van der Waals surface area (Å²) in [6.07, 6.45) is 6.95. The van der Waals surface area contributed by atoms with Gasteiger partial charge in [-0.2, -0.15) is 0 Å². The van der Waals surface area contributed by atoms with Gasteiger partial charge in [-0.05, 0) is 43.7 Å². The summed E-state index contributed by atoms with van der Waals surface area (Å²) in [6.45, 7) is 2.96. The molecule has 0 aliphatic heterocycles. The molecule has 0 heterocycles. The van der Waals surface area contributed by atoms with E-state index >= 15 is 0 Å². The van der Waals surface area contributed by atoms with E-state index in [1.807, 2.05) is 0 Å². The van der Waals surface area contributed by atoms with Gasteiger partial charge in [-0.15, -0.1) is 0 Å². The van der Waals surface area contributed by atoms with Gasteiger partial charge in [0.2, 0.25) is 0 Å². The van der Waals surface area contributed by atoms with Gasteiger partial charge in [-0.25, -0.2) is 0 Å². The smallest absolute Gasteiger partial charge is 0.000556 e. The van der Waals surface area contributed by atoms with E-state index in [0.29, 0.717) is 5.92 Å². The Morgan fingerprint density at radius 2 is 2.00 bits per heavy atom. The summed E-state index contributed by atoms with van der Waals surface area (Å²) in [5.74, 6) is 1.40. The Kier molecular flexibility index (Phi) is 4.00. The summed E-state index contributed by atoms with van der Waals surface area (Å²) in [6, 6.07) is 8.89. The predicted molar refractivity (Wildman–Crippen MR) is 69.5 cm³/mol. The van der Waals surface area contributed by atoms with Crippen molar-refractivity contribution in [1.29, 1.82) is 0 Å². The van der Waals surface area contributed by atoms with Crippen LogP contribution in [-0.2, 0) is 0 Å². The van der Waals surface area contributed by atoms with Crippen molar-refractivity contribution in [2.45, 2.75) is 44.9 Å². The molecular formula is C15H23N. The lowest BCUT2D eigenvalue weighted by molar-refractivity contribution is 0.307. The minimum absolute atomic E-state index is 0.584. The van der Waals surface area contributed by atoms with Crippen molar-refractivity contribution in [3.8, 4) is 0 Å². The van der Waals surface area contributed by atoms with E-state index in [1.54, 1.807) is 0 Å². The van der Waals surface area contributed by atoms with E-state index in [9.17, 15) is 0 Å². The Bertz CT molecular complexity index is 326. The minimum atomic E-state index is 0.584. The second kappa shape index (κ2) is 5.49. The third-order valence-electron chi connectivity index (χ3n) is 3.94. The number of rotatable bonds is 3. The number of aryl methyl sites for hydroxylation is 1. The van der Waals surface area contributed by atoms with Crippen molar-refractivity contribution in [2.75, 3.05) is 6.54 Å². The molecule has 0 spiro atoms. The molecule has 2 rings (SSSR count). The zero-order valence-electron chi connectivity index (χ0n) is 10.3. The maximum absolute atomic E-state index is 5.99. The largest absolute Gasteiger partial charge is 0.330 e. The Balaban J connectivity index is 2.14. The molecule has 88 valence electrons. The molecule has 0 saturated heterocycles. The van der Waals surface area contributed by atoms with Crippen molar-refractivity contribution >= 4 is 0 Å². The topological polar surface area (TPSA) is 26.0 Å². The fourth-order valence-corrected chi connectivity index (χ4v) is 3.04. The summed E-state index contributed by atoms with van der Waals surface area (Å²) < 4.78 is 0. The van der Waals surface area contributed by atoms with Gasteiger partial charge in [0.15, 0.2) is 0 Å². The van der Waals surface area contributed by atoms with Crippen molar-refractivity contribution in [3.05, 3.63) is 35.4 Å². The SMILES string of the molecule is Cc1cccc(C(CN)C2CCCCC2)c1. The highest BCUT2D eigenvalue weighted by Gasteiger charge is 2.23. The van der Waals surface area contributed by atoms with Crippen LogP contribution in [-0.4, -0.2) is 6.54 Å². The molecule has 1 atom stereocenters. The van der Waals surface area contributed by atoms with E-state index < -0.39 is 0 Å². The van der Waals surface area contributed by atoms with Crippen LogP contribution in [0.25, 0.3) is 0 Å². The summed E-state index contributed by atoms with van der Waals surface area (Å²) >= 11 is 0. The first kappa shape index (κ1) is 11.7. The minimum Gasteiger partial charge on any atom is -0.330 e. The number of nitrogens with two attached hydrogens (primary N) is 1. The number of hydrogen-bond acceptors (Lipinski definition) is 1. The van der Waals surface area contributed by atoms with E-state index in [1.165, 1.54) is 43.2 Å². The fourth-order valence-electron chi connectivity index (χ4n) is 3.04. The van der Waals surface area contributed by atoms with Crippen LogP contribution in [0.1, 0.15) is 49.1 Å². The van der Waals surface area contributed by atoms with E-state index in [0.717, 1.165) is 12.5 Å². The van der Waals surface area contributed by atoms with Crippen LogP contribution < -0.4 is 5.73 Å². The van der Waals surface area contributed by atoms with Gasteiger partial charge in [0, 0.05) is 0 Å². The predicted octanol–water partition coefficient (Wildman–Crippen LogP) is 3.62. The lowest BCUT2D eigenvalue weighted by Crippen LogP contribution is -2.23. The van der Waals surface area contributed by atoms with Gasteiger partial charge in [0.05, 0.1) is 0 Å². The highest BCUT2D eigenvalue weighted by atomic mass is 14.6. The molecule has 0 radical (unpaired) electrons. The van der Waals surface area contributed by atoms with Crippen molar-refractivity contribution in [1.82, 2.24) is 0 Å². The molecule has 2 N–H and O–H groups in total. The van der Waals surface area contributed by atoms with Gasteiger partial charge in [-0.3, -0.25) is 0 Å². The zero-order valence-corrected chi connectivity index (χ0v) is 10.3. The maximum Gasteiger partial charge on any atom is -0.000556 e. The summed E-state index contributed by atoms with van der Waals surface area (Å²) in [4.78, 5) is 0. The number of hydrogen-bond donors (Lipinski definition) is 1. The molecule has 1 aromatic carbocycles. The van der Waals surface area contributed by atoms with Crippen LogP contribution >= 0.6 is 0 Å². The van der Waals surface area contributed by atoms with Crippen LogP contribution in [0.15, 0.2) is 24.3 Å². The lowest BCUT2D eigenvalue weighted by atomic mass is 9.76. The normalized spacial score (nSPS) is 19.6. The average molecular weight is 217 g/mol. The quantitative estimate of drug-likeness (QED) is 0.822. The zero-order chi connectivity index (χ0) is 11.4. The van der Waals surface area contributed by atoms with E-state index in [4.69, 9.17) is 5.73 Å². The molecule has 0 amide bonds. The number of benzene rings is 1. The van der Waals surface area contributed by atoms with Crippen molar-refractivity contribution < 1.29 is 0 Å². The van der Waals surface area contributed by atoms with Crippen LogP contribution in [0.4, 0.5) is 0 Å². The Hall–Kier alpha value is -0.820. The maximum atomic E-state index is 5.99. The Morgan fingerprint density at radius 1 is 1.25 bits per heavy atom. The third kappa shape index (κ3) is 2.65. The fraction of sp³-hybridized carbons (Fsp3) is 0.600. The monoisotopic (exact) mass is 217 g/mol. The highest BCUT2D eigenvalue weighted by Crippen LogP contribution is 2.35. The third-order valence-corrected chi connectivity index (χ3v) is 3.94.